The number of ether oxygens (including phenoxy) is 1. The van der Waals surface area contributed by atoms with E-state index in [1.165, 1.54) is 7.11 Å². The van der Waals surface area contributed by atoms with Gasteiger partial charge in [-0.05, 0) is 43.7 Å². The van der Waals surface area contributed by atoms with Gasteiger partial charge in [-0.3, -0.25) is 9.10 Å². The highest BCUT2D eigenvalue weighted by Crippen LogP contribution is 2.23. The molecule has 2 aromatic rings. The number of rotatable bonds is 7. The van der Waals surface area contributed by atoms with Crippen LogP contribution in [0.2, 0.25) is 0 Å². The van der Waals surface area contributed by atoms with Gasteiger partial charge >= 0.3 is 0 Å². The van der Waals surface area contributed by atoms with Gasteiger partial charge in [-0.25, -0.2) is 8.42 Å². The molecule has 0 aliphatic rings. The molecular formula is C19H24N2O4S. The maximum atomic E-state index is 12.5. The van der Waals surface area contributed by atoms with Gasteiger partial charge in [-0.2, -0.15) is 0 Å². The Kier molecular flexibility index (Phi) is 6.26. The number of aryl methyl sites for hydroxylation is 1. The minimum Gasteiger partial charge on any atom is -0.497 e. The Morgan fingerprint density at radius 1 is 1.19 bits per heavy atom. The van der Waals surface area contributed by atoms with E-state index in [0.717, 1.165) is 21.7 Å². The smallest absolute Gasteiger partial charge is 0.243 e. The van der Waals surface area contributed by atoms with Crippen LogP contribution >= 0.6 is 0 Å². The number of methoxy groups -OCH3 is 1. The summed E-state index contributed by atoms with van der Waals surface area (Å²) in [6.07, 6.45) is 1.08. The highest BCUT2D eigenvalue weighted by molar-refractivity contribution is 7.92. The van der Waals surface area contributed by atoms with Gasteiger partial charge in [-0.15, -0.1) is 0 Å². The molecule has 0 saturated carbocycles. The molecule has 0 saturated heterocycles. The molecule has 0 aliphatic heterocycles. The maximum absolute atomic E-state index is 12.5. The van der Waals surface area contributed by atoms with Crippen LogP contribution in [0.25, 0.3) is 0 Å². The van der Waals surface area contributed by atoms with Gasteiger partial charge in [-0.1, -0.05) is 29.8 Å². The summed E-state index contributed by atoms with van der Waals surface area (Å²) in [7, 11) is -2.11. The zero-order valence-corrected chi connectivity index (χ0v) is 16.2. The molecule has 6 nitrogen and oxygen atoms in total. The molecular weight excluding hydrogens is 352 g/mol. The fourth-order valence-corrected chi connectivity index (χ4v) is 3.87. The third kappa shape index (κ3) is 4.98. The highest BCUT2D eigenvalue weighted by atomic mass is 32.2. The summed E-state index contributed by atoms with van der Waals surface area (Å²) >= 11 is 0. The van der Waals surface area contributed by atoms with Crippen LogP contribution in [0.3, 0.4) is 0 Å². The molecule has 0 fully saturated rings. The number of carbonyl (C=O) groups excluding carboxylic acids is 1. The van der Waals surface area contributed by atoms with Crippen molar-refractivity contribution in [1.82, 2.24) is 5.32 Å². The van der Waals surface area contributed by atoms with Crippen molar-refractivity contribution < 1.29 is 17.9 Å². The first kappa shape index (κ1) is 19.8. The number of amides is 1. The minimum atomic E-state index is -3.64. The summed E-state index contributed by atoms with van der Waals surface area (Å²) in [5.41, 5.74) is 2.47. The number of nitrogens with one attached hydrogen (secondary N) is 1. The van der Waals surface area contributed by atoms with E-state index in [4.69, 9.17) is 4.74 Å². The summed E-state index contributed by atoms with van der Waals surface area (Å²) in [5, 5.41) is 2.80. The lowest BCUT2D eigenvalue weighted by Gasteiger charge is -2.28. The fourth-order valence-electron chi connectivity index (χ4n) is 2.70. The second-order valence-corrected chi connectivity index (χ2v) is 8.00. The number of hydrogen-bond acceptors (Lipinski definition) is 4. The van der Waals surface area contributed by atoms with Gasteiger partial charge in [0.05, 0.1) is 19.1 Å². The average molecular weight is 376 g/mol. The third-order valence-corrected chi connectivity index (χ3v) is 5.21. The lowest BCUT2D eigenvalue weighted by atomic mass is 10.1. The van der Waals surface area contributed by atoms with Gasteiger partial charge in [0.25, 0.3) is 0 Å². The van der Waals surface area contributed by atoms with Crippen LogP contribution in [0.15, 0.2) is 48.5 Å². The molecule has 2 aromatic carbocycles. The van der Waals surface area contributed by atoms with Gasteiger partial charge in [0.1, 0.15) is 11.8 Å². The van der Waals surface area contributed by atoms with Crippen LogP contribution in [0.1, 0.15) is 18.1 Å². The number of hydrogen-bond donors (Lipinski definition) is 1. The lowest BCUT2D eigenvalue weighted by Crippen LogP contribution is -2.47. The van der Waals surface area contributed by atoms with E-state index in [2.05, 4.69) is 5.32 Å². The molecule has 0 aliphatic carbocycles. The summed E-state index contributed by atoms with van der Waals surface area (Å²) in [5.74, 6) is 0.242. The lowest BCUT2D eigenvalue weighted by molar-refractivity contribution is -0.122. The van der Waals surface area contributed by atoms with Crippen LogP contribution in [-0.2, 0) is 21.4 Å². The first-order valence-corrected chi connectivity index (χ1v) is 10.0. The van der Waals surface area contributed by atoms with E-state index in [-0.39, 0.29) is 5.91 Å². The van der Waals surface area contributed by atoms with Crippen LogP contribution in [0.4, 0.5) is 5.69 Å². The van der Waals surface area contributed by atoms with E-state index in [0.29, 0.717) is 18.0 Å². The minimum absolute atomic E-state index is 0.338. The summed E-state index contributed by atoms with van der Waals surface area (Å²) in [6.45, 7) is 3.88. The standard InChI is InChI=1S/C19H24N2O4S/c1-14-6-5-7-16(12-14)13-20-19(22)15(2)21(26(4,23)24)17-8-10-18(25-3)11-9-17/h5-12,15H,13H2,1-4H3,(H,20,22)/t15-/m0/s1. The zero-order valence-electron chi connectivity index (χ0n) is 15.4. The van der Waals surface area contributed by atoms with Crippen molar-refractivity contribution >= 4 is 21.6 Å². The van der Waals surface area contributed by atoms with Crippen molar-refractivity contribution in [3.8, 4) is 5.75 Å². The molecule has 1 atom stereocenters. The van der Waals surface area contributed by atoms with Crippen molar-refractivity contribution in [2.24, 2.45) is 0 Å². The summed E-state index contributed by atoms with van der Waals surface area (Å²) in [6, 6.07) is 13.4. The van der Waals surface area contributed by atoms with Crippen molar-refractivity contribution in [2.75, 3.05) is 17.7 Å². The Balaban J connectivity index is 2.17. The van der Waals surface area contributed by atoms with Crippen molar-refractivity contribution in [3.63, 3.8) is 0 Å². The van der Waals surface area contributed by atoms with Crippen molar-refractivity contribution in [3.05, 3.63) is 59.7 Å². The molecule has 1 N–H and O–H groups in total. The molecule has 0 heterocycles. The Bertz CT molecular complexity index is 863. The monoisotopic (exact) mass is 376 g/mol. The van der Waals surface area contributed by atoms with Gasteiger partial charge in [0, 0.05) is 6.54 Å². The molecule has 0 aromatic heterocycles. The highest BCUT2D eigenvalue weighted by Gasteiger charge is 2.28. The Morgan fingerprint density at radius 2 is 1.85 bits per heavy atom. The number of nitrogens with zero attached hydrogens (tertiary/aromatic N) is 1. The number of sulfonamides is 1. The van der Waals surface area contributed by atoms with E-state index < -0.39 is 16.1 Å². The molecule has 1 amide bonds. The van der Waals surface area contributed by atoms with Crippen LogP contribution < -0.4 is 14.4 Å². The largest absolute Gasteiger partial charge is 0.497 e. The number of anilines is 1. The SMILES string of the molecule is COc1ccc(N([C@@H](C)C(=O)NCc2cccc(C)c2)S(C)(=O)=O)cc1. The molecule has 26 heavy (non-hydrogen) atoms. The molecule has 0 bridgehead atoms. The number of carbonyl (C=O) groups is 1. The molecule has 2 rings (SSSR count). The molecule has 7 heteroatoms. The van der Waals surface area contributed by atoms with Gasteiger partial charge in [0.2, 0.25) is 15.9 Å². The predicted octanol–water partition coefficient (Wildman–Crippen LogP) is 2.47. The molecule has 140 valence electrons. The summed E-state index contributed by atoms with van der Waals surface area (Å²) in [4.78, 5) is 12.5. The quantitative estimate of drug-likeness (QED) is 0.805. The van der Waals surface area contributed by atoms with Crippen LogP contribution in [0.5, 0.6) is 5.75 Å². The third-order valence-electron chi connectivity index (χ3n) is 3.96. The maximum Gasteiger partial charge on any atom is 0.243 e. The topological polar surface area (TPSA) is 75.7 Å². The van der Waals surface area contributed by atoms with Crippen LogP contribution in [-0.4, -0.2) is 33.7 Å². The van der Waals surface area contributed by atoms with E-state index in [1.54, 1.807) is 31.2 Å². The Labute approximate surface area is 154 Å². The first-order chi connectivity index (χ1) is 12.2. The van der Waals surface area contributed by atoms with Crippen molar-refractivity contribution in [1.29, 1.82) is 0 Å². The Morgan fingerprint density at radius 3 is 2.38 bits per heavy atom. The average Bonchev–Trinajstić information content (AvgIpc) is 2.59. The molecule has 0 spiro atoms. The van der Waals surface area contributed by atoms with Gasteiger partial charge < -0.3 is 10.1 Å². The second kappa shape index (κ2) is 8.23. The molecule has 0 unspecified atom stereocenters. The fraction of sp³-hybridized carbons (Fsp3) is 0.316. The predicted molar refractivity (Wildman–Crippen MR) is 103 cm³/mol. The molecule has 0 radical (unpaired) electrons. The van der Waals surface area contributed by atoms with Crippen molar-refractivity contribution in [2.45, 2.75) is 26.4 Å². The van der Waals surface area contributed by atoms with E-state index >= 15 is 0 Å². The van der Waals surface area contributed by atoms with E-state index in [1.807, 2.05) is 31.2 Å². The summed E-state index contributed by atoms with van der Waals surface area (Å²) < 4.78 is 30.7. The zero-order chi connectivity index (χ0) is 19.3. The van der Waals surface area contributed by atoms with Crippen LogP contribution in [0, 0.1) is 6.92 Å². The second-order valence-electron chi connectivity index (χ2n) is 6.14. The Hall–Kier alpha value is -2.54. The number of benzene rings is 2. The van der Waals surface area contributed by atoms with Gasteiger partial charge in [0.15, 0.2) is 0 Å². The van der Waals surface area contributed by atoms with E-state index in [9.17, 15) is 13.2 Å². The first-order valence-electron chi connectivity index (χ1n) is 8.19. The normalized spacial score (nSPS) is 12.3.